The topological polar surface area (TPSA) is 52.2 Å². The largest absolute Gasteiger partial charge is 0.315 e. The van der Waals surface area contributed by atoms with Gasteiger partial charge in [0.15, 0.2) is 0 Å². The molecule has 1 aromatic carbocycles. The van der Waals surface area contributed by atoms with Crippen molar-refractivity contribution in [2.24, 2.45) is 0 Å². The monoisotopic (exact) mass is 330 g/mol. The molecule has 3 aromatic heterocycles. The van der Waals surface area contributed by atoms with Crippen molar-refractivity contribution < 1.29 is 0 Å². The molecule has 0 saturated carbocycles. The molecule has 0 spiro atoms. The molecule has 0 saturated heterocycles. The molecule has 0 fully saturated rings. The highest BCUT2D eigenvalue weighted by Gasteiger charge is 2.17. The van der Waals surface area contributed by atoms with E-state index in [1.165, 1.54) is 0 Å². The molecule has 124 valence electrons. The van der Waals surface area contributed by atoms with Gasteiger partial charge < -0.3 is 4.57 Å². The van der Waals surface area contributed by atoms with Gasteiger partial charge in [0.1, 0.15) is 5.69 Å². The number of benzene rings is 1. The van der Waals surface area contributed by atoms with Gasteiger partial charge in [-0.15, -0.1) is 0 Å². The summed E-state index contributed by atoms with van der Waals surface area (Å²) in [5.41, 5.74) is 4.81. The summed E-state index contributed by atoms with van der Waals surface area (Å²) in [5.74, 6) is 0. The third kappa shape index (κ3) is 2.74. The van der Waals surface area contributed by atoms with Crippen LogP contribution in [-0.2, 0) is 6.54 Å². The maximum Gasteiger partial charge on any atom is 0.250 e. The highest BCUT2D eigenvalue weighted by molar-refractivity contribution is 5.91. The fourth-order valence-electron chi connectivity index (χ4n) is 3.08. The number of hydrogen-bond acceptors (Lipinski definition) is 3. The van der Waals surface area contributed by atoms with Crippen molar-refractivity contribution in [2.45, 2.75) is 19.9 Å². The van der Waals surface area contributed by atoms with Gasteiger partial charge in [-0.2, -0.15) is 5.10 Å². The Balaban J connectivity index is 2.01. The molecule has 0 radical (unpaired) electrons. The Morgan fingerprint density at radius 2 is 1.88 bits per heavy atom. The van der Waals surface area contributed by atoms with Crippen molar-refractivity contribution in [1.82, 2.24) is 19.2 Å². The summed E-state index contributed by atoms with van der Waals surface area (Å²) in [5, 5.41) is 4.75. The molecule has 4 aromatic rings. The van der Waals surface area contributed by atoms with Crippen LogP contribution in [0.3, 0.4) is 0 Å². The van der Waals surface area contributed by atoms with Crippen LogP contribution in [0, 0.1) is 0 Å². The van der Waals surface area contributed by atoms with Crippen molar-refractivity contribution in [3.05, 3.63) is 77.6 Å². The summed E-state index contributed by atoms with van der Waals surface area (Å²) in [4.78, 5) is 16.3. The lowest BCUT2D eigenvalue weighted by Crippen LogP contribution is -2.18. The van der Waals surface area contributed by atoms with E-state index in [-0.39, 0.29) is 5.56 Å². The van der Waals surface area contributed by atoms with Gasteiger partial charge in [0.25, 0.3) is 5.56 Å². The first kappa shape index (κ1) is 15.3. The average Bonchev–Trinajstić information content (AvgIpc) is 3.04. The lowest BCUT2D eigenvalue weighted by atomic mass is 10.0. The number of fused-ring (bicyclic) bond motifs is 1. The Labute approximate surface area is 145 Å². The van der Waals surface area contributed by atoms with Gasteiger partial charge in [-0.3, -0.25) is 9.78 Å². The molecule has 0 atom stereocenters. The zero-order valence-corrected chi connectivity index (χ0v) is 14.0. The van der Waals surface area contributed by atoms with Crippen LogP contribution in [0.2, 0.25) is 0 Å². The second kappa shape index (κ2) is 6.36. The summed E-state index contributed by atoms with van der Waals surface area (Å²) in [7, 11) is 0. The molecule has 4 rings (SSSR count). The first-order chi connectivity index (χ1) is 12.3. The van der Waals surface area contributed by atoms with Gasteiger partial charge in [0.05, 0.1) is 11.7 Å². The number of pyridine rings is 1. The Bertz CT molecular complexity index is 1080. The van der Waals surface area contributed by atoms with Crippen LogP contribution >= 0.6 is 0 Å². The molecule has 5 heteroatoms. The van der Waals surface area contributed by atoms with E-state index < -0.39 is 0 Å². The van der Waals surface area contributed by atoms with E-state index in [4.69, 9.17) is 5.10 Å². The van der Waals surface area contributed by atoms with Crippen molar-refractivity contribution in [1.29, 1.82) is 0 Å². The Kier molecular flexibility index (Phi) is 3.90. The minimum absolute atomic E-state index is 0.0152. The van der Waals surface area contributed by atoms with Crippen LogP contribution in [0.4, 0.5) is 0 Å². The molecular weight excluding hydrogens is 312 g/mol. The van der Waals surface area contributed by atoms with Gasteiger partial charge in [-0.05, 0) is 12.5 Å². The summed E-state index contributed by atoms with van der Waals surface area (Å²) in [6.45, 7) is 2.76. The molecule has 0 aliphatic carbocycles. The standard InChI is InChI=1S/C20H18N4O/c1-2-11-23-14-16(8-9-18(23)25)19-17-13-21-10-12-24(17)22-20(19)15-6-4-3-5-7-15/h3-10,12-14H,2,11H2,1H3. The average molecular weight is 330 g/mol. The van der Waals surface area contributed by atoms with Crippen molar-refractivity contribution in [3.63, 3.8) is 0 Å². The SMILES string of the molecule is CCCn1cc(-c2c(-c3ccccc3)nn3ccncc23)ccc1=O. The summed E-state index contributed by atoms with van der Waals surface area (Å²) < 4.78 is 3.59. The Morgan fingerprint density at radius 1 is 1.04 bits per heavy atom. The number of nitrogens with zero attached hydrogens (tertiary/aromatic N) is 4. The molecule has 5 nitrogen and oxygen atoms in total. The zero-order valence-electron chi connectivity index (χ0n) is 14.0. The van der Waals surface area contributed by atoms with E-state index in [2.05, 4.69) is 11.9 Å². The maximum absolute atomic E-state index is 12.1. The maximum atomic E-state index is 12.1. The molecule has 0 aliphatic rings. The lowest BCUT2D eigenvalue weighted by molar-refractivity contribution is 0.655. The van der Waals surface area contributed by atoms with Crippen molar-refractivity contribution in [2.75, 3.05) is 0 Å². The summed E-state index contributed by atoms with van der Waals surface area (Å²) in [6.07, 6.45) is 8.20. The molecular formula is C20H18N4O. The smallest absolute Gasteiger partial charge is 0.250 e. The van der Waals surface area contributed by atoms with E-state index >= 15 is 0 Å². The second-order valence-electron chi connectivity index (χ2n) is 5.95. The van der Waals surface area contributed by atoms with Crippen LogP contribution < -0.4 is 5.56 Å². The van der Waals surface area contributed by atoms with Gasteiger partial charge in [0.2, 0.25) is 0 Å². The highest BCUT2D eigenvalue weighted by Crippen LogP contribution is 2.34. The number of hydrogen-bond donors (Lipinski definition) is 0. The second-order valence-corrected chi connectivity index (χ2v) is 5.95. The number of rotatable bonds is 4. The first-order valence-corrected chi connectivity index (χ1v) is 8.36. The third-order valence-corrected chi connectivity index (χ3v) is 4.22. The van der Waals surface area contributed by atoms with E-state index in [1.54, 1.807) is 16.8 Å². The van der Waals surface area contributed by atoms with Gasteiger partial charge in [-0.25, -0.2) is 4.52 Å². The van der Waals surface area contributed by atoms with E-state index in [0.29, 0.717) is 6.54 Å². The van der Waals surface area contributed by atoms with E-state index in [1.807, 2.05) is 59.5 Å². The number of aromatic nitrogens is 4. The van der Waals surface area contributed by atoms with E-state index in [0.717, 1.165) is 34.3 Å². The Hall–Kier alpha value is -3.21. The van der Waals surface area contributed by atoms with Crippen LogP contribution in [0.1, 0.15) is 13.3 Å². The van der Waals surface area contributed by atoms with Gasteiger partial charge >= 0.3 is 0 Å². The summed E-state index contributed by atoms with van der Waals surface area (Å²) >= 11 is 0. The number of aryl methyl sites for hydroxylation is 1. The van der Waals surface area contributed by atoms with Crippen molar-refractivity contribution >= 4 is 5.52 Å². The Morgan fingerprint density at radius 3 is 2.68 bits per heavy atom. The first-order valence-electron chi connectivity index (χ1n) is 8.36. The molecule has 0 N–H and O–H groups in total. The van der Waals surface area contributed by atoms with Crippen LogP contribution in [-0.4, -0.2) is 19.2 Å². The van der Waals surface area contributed by atoms with Crippen LogP contribution in [0.5, 0.6) is 0 Å². The molecule has 0 aliphatic heterocycles. The minimum atomic E-state index is 0.0152. The molecule has 3 heterocycles. The van der Waals surface area contributed by atoms with Crippen molar-refractivity contribution in [3.8, 4) is 22.4 Å². The molecule has 25 heavy (non-hydrogen) atoms. The molecule has 0 bridgehead atoms. The predicted octanol–water partition coefficient (Wildman–Crippen LogP) is 3.64. The zero-order chi connectivity index (χ0) is 17.2. The van der Waals surface area contributed by atoms with E-state index in [9.17, 15) is 4.79 Å². The fourth-order valence-corrected chi connectivity index (χ4v) is 3.08. The van der Waals surface area contributed by atoms with Gasteiger partial charge in [-0.1, -0.05) is 37.3 Å². The third-order valence-electron chi connectivity index (χ3n) is 4.22. The quantitative estimate of drug-likeness (QED) is 0.574. The van der Waals surface area contributed by atoms with Gasteiger partial charge in [0, 0.05) is 47.9 Å². The summed E-state index contributed by atoms with van der Waals surface area (Å²) in [6, 6.07) is 13.6. The molecule has 0 unspecified atom stereocenters. The normalized spacial score (nSPS) is 11.1. The predicted molar refractivity (Wildman–Crippen MR) is 98.4 cm³/mol. The van der Waals surface area contributed by atoms with Crippen LogP contribution in [0.15, 0.2) is 72.0 Å². The molecule has 0 amide bonds. The highest BCUT2D eigenvalue weighted by atomic mass is 16.1. The minimum Gasteiger partial charge on any atom is -0.315 e. The van der Waals surface area contributed by atoms with Crippen LogP contribution in [0.25, 0.3) is 27.9 Å². The fraction of sp³-hybridized carbons (Fsp3) is 0.150. The lowest BCUT2D eigenvalue weighted by Gasteiger charge is -2.08.